The molecule has 0 N–H and O–H groups in total. The van der Waals surface area contributed by atoms with Crippen molar-refractivity contribution < 1.29 is 8.78 Å². The summed E-state index contributed by atoms with van der Waals surface area (Å²) in [7, 11) is 1.25. The van der Waals surface area contributed by atoms with Crippen molar-refractivity contribution in [2.75, 3.05) is 25.6 Å². The van der Waals surface area contributed by atoms with Crippen LogP contribution in [-0.4, -0.2) is 39.5 Å². The lowest BCUT2D eigenvalue weighted by molar-refractivity contribution is -0.489. The van der Waals surface area contributed by atoms with Crippen LogP contribution in [0.4, 0.5) is 0 Å². The molecule has 0 aliphatic rings. The highest BCUT2D eigenvalue weighted by atomic mass is 32.2. The molecule has 0 aromatic carbocycles. The van der Waals surface area contributed by atoms with Crippen molar-refractivity contribution in [3.05, 3.63) is 0 Å². The van der Waals surface area contributed by atoms with E-state index in [4.69, 9.17) is 0 Å². The standard InChI is InChI=1S/C7H14NOS2/c1-8(7-10)5-3-4-6-11(2)9/h3-6H2,1-2H3/q+1. The summed E-state index contributed by atoms with van der Waals surface area (Å²) in [5.41, 5.74) is 0. The quantitative estimate of drug-likeness (QED) is 0.279. The van der Waals surface area contributed by atoms with Crippen molar-refractivity contribution in [1.82, 2.24) is 0 Å². The van der Waals surface area contributed by atoms with Crippen LogP contribution in [0.15, 0.2) is 0 Å². The van der Waals surface area contributed by atoms with E-state index in [1.807, 2.05) is 11.6 Å². The molecule has 0 aromatic rings. The molecule has 1 unspecified atom stereocenters. The van der Waals surface area contributed by atoms with Gasteiger partial charge in [0.1, 0.15) is 7.05 Å². The van der Waals surface area contributed by atoms with E-state index in [1.165, 1.54) is 0 Å². The first-order chi connectivity index (χ1) is 5.16. The third-order valence-electron chi connectivity index (χ3n) is 1.33. The fraction of sp³-hybridized carbons (Fsp3) is 0.857. The molecule has 2 nitrogen and oxygen atoms in total. The summed E-state index contributed by atoms with van der Waals surface area (Å²) in [6.07, 6.45) is 3.78. The molecule has 0 radical (unpaired) electrons. The van der Waals surface area contributed by atoms with Crippen molar-refractivity contribution in [2.45, 2.75) is 12.8 Å². The number of rotatable bonds is 5. The van der Waals surface area contributed by atoms with Crippen molar-refractivity contribution in [2.24, 2.45) is 0 Å². The predicted molar refractivity (Wildman–Crippen MR) is 51.8 cm³/mol. The average molecular weight is 192 g/mol. The topological polar surface area (TPSA) is 20.1 Å². The Kier molecular flexibility index (Phi) is 6.62. The fourth-order valence-corrected chi connectivity index (χ4v) is 1.40. The lowest BCUT2D eigenvalue weighted by Crippen LogP contribution is -2.06. The second kappa shape index (κ2) is 6.65. The third kappa shape index (κ3) is 7.85. The van der Waals surface area contributed by atoms with Gasteiger partial charge in [-0.25, -0.2) is 0 Å². The molecule has 4 heteroatoms. The van der Waals surface area contributed by atoms with Crippen LogP contribution in [0.2, 0.25) is 0 Å². The van der Waals surface area contributed by atoms with Crippen LogP contribution in [-0.2, 0) is 10.8 Å². The van der Waals surface area contributed by atoms with E-state index in [0.29, 0.717) is 0 Å². The number of hydrogen-bond donors (Lipinski definition) is 0. The number of isothiocyanates is 1. The van der Waals surface area contributed by atoms with E-state index in [0.717, 1.165) is 25.1 Å². The van der Waals surface area contributed by atoms with Crippen LogP contribution in [0.5, 0.6) is 0 Å². The second-order valence-electron chi connectivity index (χ2n) is 2.50. The van der Waals surface area contributed by atoms with Gasteiger partial charge >= 0.3 is 0 Å². The van der Waals surface area contributed by atoms with Crippen LogP contribution >= 0.6 is 12.2 Å². The first-order valence-electron chi connectivity index (χ1n) is 3.55. The molecule has 64 valence electrons. The van der Waals surface area contributed by atoms with E-state index in [-0.39, 0.29) is 0 Å². The summed E-state index contributed by atoms with van der Waals surface area (Å²) >= 11 is 4.59. The van der Waals surface area contributed by atoms with Gasteiger partial charge in [-0.3, -0.25) is 4.21 Å². The Hall–Kier alpha value is -0.0500. The van der Waals surface area contributed by atoms with Crippen LogP contribution in [0.3, 0.4) is 0 Å². The minimum atomic E-state index is -0.647. The molecule has 11 heavy (non-hydrogen) atoms. The Morgan fingerprint density at radius 1 is 1.55 bits per heavy atom. The van der Waals surface area contributed by atoms with E-state index in [9.17, 15) is 4.21 Å². The van der Waals surface area contributed by atoms with Gasteiger partial charge in [0.2, 0.25) is 5.16 Å². The third-order valence-corrected chi connectivity index (χ3v) is 2.51. The first kappa shape index (κ1) is 11.0. The molecule has 0 amide bonds. The highest BCUT2D eigenvalue weighted by molar-refractivity contribution is 7.84. The van der Waals surface area contributed by atoms with Gasteiger partial charge in [-0.15, -0.1) is 0 Å². The van der Waals surface area contributed by atoms with Gasteiger partial charge in [0, 0.05) is 41.4 Å². The molecule has 0 aliphatic carbocycles. The Bertz CT molecular complexity index is 185. The summed E-state index contributed by atoms with van der Waals surface area (Å²) in [4.78, 5) is 0. The first-order valence-corrected chi connectivity index (χ1v) is 5.69. The molecule has 0 rings (SSSR count). The fourth-order valence-electron chi connectivity index (χ4n) is 0.700. The van der Waals surface area contributed by atoms with Crippen molar-refractivity contribution >= 4 is 28.2 Å². The van der Waals surface area contributed by atoms with Crippen LogP contribution in [0.1, 0.15) is 12.8 Å². The van der Waals surface area contributed by atoms with Crippen LogP contribution < -0.4 is 0 Å². The highest BCUT2D eigenvalue weighted by Crippen LogP contribution is 1.90. The van der Waals surface area contributed by atoms with E-state index >= 15 is 0 Å². The maximum Gasteiger partial charge on any atom is 0.248 e. The molecule has 0 saturated carbocycles. The van der Waals surface area contributed by atoms with Gasteiger partial charge < -0.3 is 0 Å². The van der Waals surface area contributed by atoms with Crippen LogP contribution in [0.25, 0.3) is 0 Å². The molecule has 1 atom stereocenters. The molecule has 0 aliphatic heterocycles. The molecule has 0 fully saturated rings. The summed E-state index contributed by atoms with van der Waals surface area (Å²) in [5, 5.41) is 2.59. The lowest BCUT2D eigenvalue weighted by atomic mass is 10.3. The Labute approximate surface area is 75.8 Å². The molecular formula is C7H14NOS2+. The number of hydrogen-bond acceptors (Lipinski definition) is 2. The second-order valence-corrected chi connectivity index (χ2v) is 4.23. The summed E-state index contributed by atoms with van der Waals surface area (Å²) in [5.74, 6) is 0.797. The summed E-state index contributed by atoms with van der Waals surface area (Å²) in [6.45, 7) is 0.917. The lowest BCUT2D eigenvalue weighted by Gasteiger charge is -1.93. The number of unbranched alkanes of at least 4 members (excludes halogenated alkanes) is 1. The zero-order valence-corrected chi connectivity index (χ0v) is 8.63. The van der Waals surface area contributed by atoms with Crippen molar-refractivity contribution in [1.29, 1.82) is 0 Å². The Balaban J connectivity index is 3.28. The van der Waals surface area contributed by atoms with Crippen molar-refractivity contribution in [3.63, 3.8) is 0 Å². The minimum Gasteiger partial charge on any atom is -0.260 e. The zero-order valence-electron chi connectivity index (χ0n) is 7.00. The summed E-state index contributed by atoms with van der Waals surface area (Å²) < 4.78 is 12.5. The SMILES string of the molecule is C[N+](=C=S)CCCCS(C)=O. The predicted octanol–water partition coefficient (Wildman–Crippen LogP) is 0.890. The zero-order chi connectivity index (χ0) is 8.69. The maximum absolute atomic E-state index is 10.6. The van der Waals surface area contributed by atoms with E-state index in [1.54, 1.807) is 6.26 Å². The van der Waals surface area contributed by atoms with Gasteiger partial charge in [-0.1, -0.05) is 0 Å². The molecule has 0 bridgehead atoms. The smallest absolute Gasteiger partial charge is 0.248 e. The molecule has 0 saturated heterocycles. The van der Waals surface area contributed by atoms with E-state index in [2.05, 4.69) is 17.4 Å². The number of nitrogens with zero attached hydrogens (tertiary/aromatic N) is 1. The molecule has 0 spiro atoms. The molecular weight excluding hydrogens is 178 g/mol. The number of thiocarbonyl (C=S) groups is 1. The van der Waals surface area contributed by atoms with Crippen LogP contribution in [0, 0.1) is 0 Å². The average Bonchev–Trinajstić information content (AvgIpc) is 1.97. The highest BCUT2D eigenvalue weighted by Gasteiger charge is 1.96. The van der Waals surface area contributed by atoms with E-state index < -0.39 is 10.8 Å². The Morgan fingerprint density at radius 3 is 2.64 bits per heavy atom. The molecule has 0 aromatic heterocycles. The largest absolute Gasteiger partial charge is 0.260 e. The van der Waals surface area contributed by atoms with Gasteiger partial charge in [-0.05, 0) is 6.42 Å². The van der Waals surface area contributed by atoms with Gasteiger partial charge in [0.15, 0.2) is 6.54 Å². The monoisotopic (exact) mass is 192 g/mol. The van der Waals surface area contributed by atoms with Gasteiger partial charge in [0.25, 0.3) is 0 Å². The normalized spacial score (nSPS) is 12.2. The van der Waals surface area contributed by atoms with Gasteiger partial charge in [-0.2, -0.15) is 4.58 Å². The minimum absolute atomic E-state index is 0.647. The molecule has 0 heterocycles. The maximum atomic E-state index is 10.6. The van der Waals surface area contributed by atoms with Crippen molar-refractivity contribution in [3.8, 4) is 0 Å². The Morgan fingerprint density at radius 2 is 2.18 bits per heavy atom. The van der Waals surface area contributed by atoms with Gasteiger partial charge in [0.05, 0.1) is 0 Å². The summed E-state index contributed by atoms with van der Waals surface area (Å²) in [6, 6.07) is 0.